The molecule has 0 aromatic heterocycles. The Hall–Kier alpha value is -2.58. The molecule has 0 bridgehead atoms. The largest absolute Gasteiger partial charge is 0.492 e. The Labute approximate surface area is 182 Å². The van der Waals surface area contributed by atoms with Gasteiger partial charge in [0, 0.05) is 23.6 Å². The second-order valence-corrected chi connectivity index (χ2v) is 7.11. The van der Waals surface area contributed by atoms with E-state index in [0.717, 1.165) is 0 Å². The third-order valence-electron chi connectivity index (χ3n) is 3.63. The summed E-state index contributed by atoms with van der Waals surface area (Å²) in [5, 5.41) is 7.13. The molecule has 0 aliphatic rings. The molecular weight excluding hydrogens is 462 g/mol. The molecular formula is C20H21BrClN3O4. The highest BCUT2D eigenvalue weighted by Gasteiger charge is 2.11. The van der Waals surface area contributed by atoms with Gasteiger partial charge in [-0.1, -0.05) is 17.7 Å². The number of anilines is 1. The minimum atomic E-state index is -0.375. The third-order valence-corrected chi connectivity index (χ3v) is 4.45. The highest BCUT2D eigenvalue weighted by molar-refractivity contribution is 9.10. The summed E-state index contributed by atoms with van der Waals surface area (Å²) in [4.78, 5) is 23.8. The molecule has 0 saturated heterocycles. The average Bonchev–Trinajstić information content (AvgIpc) is 2.66. The number of hydrogen-bond donors (Lipinski definition) is 2. The molecule has 9 heteroatoms. The van der Waals surface area contributed by atoms with E-state index in [2.05, 4.69) is 31.8 Å². The molecule has 2 amide bonds. The Morgan fingerprint density at radius 2 is 1.97 bits per heavy atom. The minimum Gasteiger partial charge on any atom is -0.492 e. The van der Waals surface area contributed by atoms with Crippen molar-refractivity contribution in [3.05, 3.63) is 51.5 Å². The van der Waals surface area contributed by atoms with E-state index in [-0.39, 0.29) is 24.7 Å². The zero-order chi connectivity index (χ0) is 21.2. The van der Waals surface area contributed by atoms with E-state index in [1.807, 2.05) is 6.92 Å². The van der Waals surface area contributed by atoms with Gasteiger partial charge in [0.2, 0.25) is 11.8 Å². The Morgan fingerprint density at radius 1 is 1.21 bits per heavy atom. The zero-order valence-corrected chi connectivity index (χ0v) is 18.3. The number of nitrogens with one attached hydrogen (secondary N) is 2. The van der Waals surface area contributed by atoms with Gasteiger partial charge in [-0.2, -0.15) is 5.10 Å². The Morgan fingerprint density at radius 3 is 2.66 bits per heavy atom. The first-order chi connectivity index (χ1) is 13.9. The molecule has 0 radical (unpaired) electrons. The van der Waals surface area contributed by atoms with Crippen LogP contribution in [0.4, 0.5) is 5.69 Å². The van der Waals surface area contributed by atoms with E-state index in [0.29, 0.717) is 38.9 Å². The molecule has 0 atom stereocenters. The van der Waals surface area contributed by atoms with Crippen molar-refractivity contribution >= 4 is 51.2 Å². The molecule has 7 nitrogen and oxygen atoms in total. The van der Waals surface area contributed by atoms with Crippen molar-refractivity contribution in [2.24, 2.45) is 5.10 Å². The zero-order valence-electron chi connectivity index (χ0n) is 16.0. The lowest BCUT2D eigenvalue weighted by Crippen LogP contribution is -2.20. The highest BCUT2D eigenvalue weighted by atomic mass is 79.9. The van der Waals surface area contributed by atoms with Gasteiger partial charge < -0.3 is 14.8 Å². The standard InChI is InChI=1S/C20H21BrClN3O4/c1-3-29-17-10-13(9-16(21)20(17)28-2)12-23-25-19(27)8-7-18(26)24-15-6-4-5-14(22)11-15/h4-6,9-12H,3,7-8H2,1-2H3,(H,24,26)(H,25,27). The second kappa shape index (κ2) is 11.4. The van der Waals surface area contributed by atoms with Crippen molar-refractivity contribution in [1.82, 2.24) is 5.43 Å². The van der Waals surface area contributed by atoms with Crippen LogP contribution < -0.4 is 20.2 Å². The normalized spacial score (nSPS) is 10.6. The van der Waals surface area contributed by atoms with E-state index in [4.69, 9.17) is 21.1 Å². The molecule has 0 unspecified atom stereocenters. The predicted octanol–water partition coefficient (Wildman–Crippen LogP) is 4.38. The summed E-state index contributed by atoms with van der Waals surface area (Å²) in [6, 6.07) is 10.3. The van der Waals surface area contributed by atoms with Crippen molar-refractivity contribution in [2.75, 3.05) is 19.0 Å². The first kappa shape index (κ1) is 22.7. The number of nitrogens with zero attached hydrogens (tertiary/aromatic N) is 1. The molecule has 0 aliphatic heterocycles. The van der Waals surface area contributed by atoms with E-state index >= 15 is 0 Å². The fourth-order valence-electron chi connectivity index (χ4n) is 2.37. The molecule has 0 fully saturated rings. The van der Waals surface area contributed by atoms with Gasteiger partial charge in [0.1, 0.15) is 0 Å². The molecule has 2 aromatic rings. The maximum atomic E-state index is 11.9. The summed E-state index contributed by atoms with van der Waals surface area (Å²) >= 11 is 9.28. The lowest BCUT2D eigenvalue weighted by Gasteiger charge is -2.11. The summed E-state index contributed by atoms with van der Waals surface area (Å²) in [6.45, 7) is 2.36. The molecule has 2 rings (SSSR count). The van der Waals surface area contributed by atoms with Gasteiger partial charge in [0.05, 0.1) is 24.4 Å². The molecule has 0 saturated carbocycles. The van der Waals surface area contributed by atoms with Gasteiger partial charge in [0.25, 0.3) is 0 Å². The van der Waals surface area contributed by atoms with Crippen LogP contribution in [0.1, 0.15) is 25.3 Å². The Balaban J connectivity index is 1.85. The van der Waals surface area contributed by atoms with Crippen LogP contribution in [0.5, 0.6) is 11.5 Å². The fraction of sp³-hybridized carbons (Fsp3) is 0.250. The average molecular weight is 483 g/mol. The van der Waals surface area contributed by atoms with Crippen molar-refractivity contribution < 1.29 is 19.1 Å². The number of methoxy groups -OCH3 is 1. The van der Waals surface area contributed by atoms with Gasteiger partial charge in [-0.3, -0.25) is 9.59 Å². The second-order valence-electron chi connectivity index (χ2n) is 5.82. The van der Waals surface area contributed by atoms with Crippen molar-refractivity contribution in [2.45, 2.75) is 19.8 Å². The SMILES string of the molecule is CCOc1cc(C=NNC(=O)CCC(=O)Nc2cccc(Cl)c2)cc(Br)c1OC. The Kier molecular flexibility index (Phi) is 8.95. The van der Waals surface area contributed by atoms with Crippen LogP contribution in [0.25, 0.3) is 0 Å². The van der Waals surface area contributed by atoms with Gasteiger partial charge in [0.15, 0.2) is 11.5 Å². The molecule has 2 aromatic carbocycles. The first-order valence-electron chi connectivity index (χ1n) is 8.80. The van der Waals surface area contributed by atoms with Gasteiger partial charge in [-0.15, -0.1) is 0 Å². The minimum absolute atomic E-state index is 0.000240. The molecule has 0 heterocycles. The molecule has 29 heavy (non-hydrogen) atoms. The monoisotopic (exact) mass is 481 g/mol. The highest BCUT2D eigenvalue weighted by Crippen LogP contribution is 2.36. The maximum Gasteiger partial charge on any atom is 0.240 e. The number of carbonyl (C=O) groups excluding carboxylic acids is 2. The molecule has 2 N–H and O–H groups in total. The van der Waals surface area contributed by atoms with Crippen LogP contribution in [0.15, 0.2) is 46.0 Å². The molecule has 0 aliphatic carbocycles. The number of ether oxygens (including phenoxy) is 2. The molecule has 154 valence electrons. The summed E-state index contributed by atoms with van der Waals surface area (Å²) in [6.07, 6.45) is 1.51. The summed E-state index contributed by atoms with van der Waals surface area (Å²) in [5.74, 6) is 0.487. The van der Waals surface area contributed by atoms with Crippen molar-refractivity contribution in [1.29, 1.82) is 0 Å². The molecule has 0 spiro atoms. The van der Waals surface area contributed by atoms with Crippen LogP contribution in [-0.4, -0.2) is 31.7 Å². The predicted molar refractivity (Wildman–Crippen MR) is 117 cm³/mol. The fourth-order valence-corrected chi connectivity index (χ4v) is 3.19. The van der Waals surface area contributed by atoms with Crippen LogP contribution >= 0.6 is 27.5 Å². The quantitative estimate of drug-likeness (QED) is 0.410. The van der Waals surface area contributed by atoms with Gasteiger partial charge >= 0.3 is 0 Å². The number of halogens is 2. The summed E-state index contributed by atoms with van der Waals surface area (Å²) in [5.41, 5.74) is 3.69. The number of hydrazone groups is 1. The van der Waals surface area contributed by atoms with E-state index in [9.17, 15) is 9.59 Å². The van der Waals surface area contributed by atoms with Crippen LogP contribution in [0, 0.1) is 0 Å². The third kappa shape index (κ3) is 7.40. The smallest absolute Gasteiger partial charge is 0.240 e. The number of benzene rings is 2. The van der Waals surface area contributed by atoms with E-state index in [1.54, 1.807) is 43.5 Å². The maximum absolute atomic E-state index is 11.9. The lowest BCUT2D eigenvalue weighted by molar-refractivity contribution is -0.124. The van der Waals surface area contributed by atoms with Crippen molar-refractivity contribution in [3.8, 4) is 11.5 Å². The van der Waals surface area contributed by atoms with E-state index < -0.39 is 0 Å². The van der Waals surface area contributed by atoms with E-state index in [1.165, 1.54) is 6.21 Å². The van der Waals surface area contributed by atoms with Gasteiger partial charge in [-0.25, -0.2) is 5.43 Å². The van der Waals surface area contributed by atoms with Crippen LogP contribution in [0.3, 0.4) is 0 Å². The lowest BCUT2D eigenvalue weighted by atomic mass is 10.2. The first-order valence-corrected chi connectivity index (χ1v) is 9.97. The summed E-state index contributed by atoms with van der Waals surface area (Å²) in [7, 11) is 1.55. The number of amides is 2. The Bertz CT molecular complexity index is 905. The number of rotatable bonds is 9. The number of carbonyl (C=O) groups is 2. The van der Waals surface area contributed by atoms with Gasteiger partial charge in [-0.05, 0) is 58.7 Å². The number of hydrogen-bond acceptors (Lipinski definition) is 5. The topological polar surface area (TPSA) is 89.0 Å². The van der Waals surface area contributed by atoms with Crippen LogP contribution in [-0.2, 0) is 9.59 Å². The van der Waals surface area contributed by atoms with Crippen LogP contribution in [0.2, 0.25) is 5.02 Å². The summed E-state index contributed by atoms with van der Waals surface area (Å²) < 4.78 is 11.5. The van der Waals surface area contributed by atoms with Crippen molar-refractivity contribution in [3.63, 3.8) is 0 Å².